The summed E-state index contributed by atoms with van der Waals surface area (Å²) in [6.07, 6.45) is 10.8. The van der Waals surface area contributed by atoms with Gasteiger partial charge in [0.2, 0.25) is 17.6 Å². The van der Waals surface area contributed by atoms with Gasteiger partial charge in [0.15, 0.2) is 0 Å². The number of carbonyl (C=O) groups excluding carboxylic acids is 1. The number of anilines is 1. The van der Waals surface area contributed by atoms with Crippen molar-refractivity contribution in [2.75, 3.05) is 5.32 Å². The predicted molar refractivity (Wildman–Crippen MR) is 119 cm³/mol. The Morgan fingerprint density at radius 3 is 2.90 bits per heavy atom. The molecule has 1 amide bonds. The average Bonchev–Trinajstić information content (AvgIpc) is 3.27. The van der Waals surface area contributed by atoms with Crippen LogP contribution in [0.5, 0.6) is 0 Å². The van der Waals surface area contributed by atoms with Crippen LogP contribution in [0.15, 0.2) is 53.3 Å². The van der Waals surface area contributed by atoms with Gasteiger partial charge in [-0.2, -0.15) is 16.7 Å². The summed E-state index contributed by atoms with van der Waals surface area (Å²) in [4.78, 5) is 20.8. The SMILES string of the molecule is O=C(CCc1nc(-c2cccnc2)no1)Nc1cccc(CSC2CCCCC2)c1. The van der Waals surface area contributed by atoms with E-state index in [2.05, 4.69) is 32.6 Å². The Balaban J connectivity index is 1.25. The summed E-state index contributed by atoms with van der Waals surface area (Å²) in [7, 11) is 0. The van der Waals surface area contributed by atoms with E-state index in [1.54, 1.807) is 12.4 Å². The monoisotopic (exact) mass is 422 g/mol. The molecule has 1 saturated carbocycles. The van der Waals surface area contributed by atoms with Crippen LogP contribution in [0.4, 0.5) is 5.69 Å². The molecular formula is C23H26N4O2S. The highest BCUT2D eigenvalue weighted by Gasteiger charge is 2.14. The third-order valence-corrected chi connectivity index (χ3v) is 6.65. The van der Waals surface area contributed by atoms with E-state index >= 15 is 0 Å². The number of hydrogen-bond donors (Lipinski definition) is 1. The fraction of sp³-hybridized carbons (Fsp3) is 0.391. The summed E-state index contributed by atoms with van der Waals surface area (Å²) in [6.45, 7) is 0. The summed E-state index contributed by atoms with van der Waals surface area (Å²) in [5, 5.41) is 7.72. The summed E-state index contributed by atoms with van der Waals surface area (Å²) >= 11 is 2.04. The number of nitrogens with one attached hydrogen (secondary N) is 1. The maximum Gasteiger partial charge on any atom is 0.227 e. The van der Waals surface area contributed by atoms with Gasteiger partial charge in [-0.15, -0.1) is 0 Å². The minimum absolute atomic E-state index is 0.0618. The summed E-state index contributed by atoms with van der Waals surface area (Å²) in [5.74, 6) is 1.87. The van der Waals surface area contributed by atoms with E-state index in [0.717, 1.165) is 22.3 Å². The van der Waals surface area contributed by atoms with Crippen molar-refractivity contribution in [3.8, 4) is 11.4 Å². The first kappa shape index (κ1) is 20.6. The van der Waals surface area contributed by atoms with Gasteiger partial charge < -0.3 is 9.84 Å². The van der Waals surface area contributed by atoms with Crippen LogP contribution in [-0.4, -0.2) is 26.3 Å². The van der Waals surface area contributed by atoms with Crippen molar-refractivity contribution in [2.45, 2.75) is 55.9 Å². The normalized spacial score (nSPS) is 14.5. The van der Waals surface area contributed by atoms with Crippen molar-refractivity contribution in [2.24, 2.45) is 0 Å². The fourth-order valence-corrected chi connectivity index (χ4v) is 4.87. The molecule has 0 unspecified atom stereocenters. The molecule has 1 fully saturated rings. The number of amides is 1. The molecule has 3 aromatic rings. The zero-order chi connectivity index (χ0) is 20.6. The number of aromatic nitrogens is 3. The lowest BCUT2D eigenvalue weighted by Gasteiger charge is -2.21. The topological polar surface area (TPSA) is 80.9 Å². The molecule has 7 heteroatoms. The second kappa shape index (κ2) is 10.4. The van der Waals surface area contributed by atoms with Gasteiger partial charge >= 0.3 is 0 Å². The third-order valence-electron chi connectivity index (χ3n) is 5.20. The Labute approximate surface area is 180 Å². The zero-order valence-electron chi connectivity index (χ0n) is 16.9. The quantitative estimate of drug-likeness (QED) is 0.533. The van der Waals surface area contributed by atoms with E-state index in [0.29, 0.717) is 18.1 Å². The Morgan fingerprint density at radius 1 is 1.17 bits per heavy atom. The molecule has 0 saturated heterocycles. The second-order valence-electron chi connectivity index (χ2n) is 7.57. The van der Waals surface area contributed by atoms with Gasteiger partial charge in [0.05, 0.1) is 0 Å². The Kier molecular flexibility index (Phi) is 7.13. The van der Waals surface area contributed by atoms with Crippen molar-refractivity contribution < 1.29 is 9.32 Å². The molecule has 0 bridgehead atoms. The summed E-state index contributed by atoms with van der Waals surface area (Å²) in [5.41, 5.74) is 2.88. The van der Waals surface area contributed by atoms with Crippen LogP contribution < -0.4 is 5.32 Å². The van der Waals surface area contributed by atoms with Crippen LogP contribution in [0.3, 0.4) is 0 Å². The van der Waals surface area contributed by atoms with Crippen molar-refractivity contribution in [1.82, 2.24) is 15.1 Å². The number of carbonyl (C=O) groups is 1. The lowest BCUT2D eigenvalue weighted by Crippen LogP contribution is -2.12. The van der Waals surface area contributed by atoms with Crippen LogP contribution in [-0.2, 0) is 17.0 Å². The largest absolute Gasteiger partial charge is 0.339 e. The first-order valence-electron chi connectivity index (χ1n) is 10.5. The molecule has 0 atom stereocenters. The van der Waals surface area contributed by atoms with Crippen molar-refractivity contribution in [1.29, 1.82) is 0 Å². The van der Waals surface area contributed by atoms with Crippen LogP contribution in [0, 0.1) is 0 Å². The van der Waals surface area contributed by atoms with Crippen molar-refractivity contribution >= 4 is 23.4 Å². The average molecular weight is 423 g/mol. The molecule has 0 aliphatic heterocycles. The van der Waals surface area contributed by atoms with Gasteiger partial charge in [-0.05, 0) is 42.7 Å². The van der Waals surface area contributed by atoms with Crippen molar-refractivity contribution in [3.63, 3.8) is 0 Å². The molecular weight excluding hydrogens is 396 g/mol. The van der Waals surface area contributed by atoms with Crippen LogP contribution in [0.1, 0.15) is 50.0 Å². The van der Waals surface area contributed by atoms with Crippen LogP contribution in [0.25, 0.3) is 11.4 Å². The van der Waals surface area contributed by atoms with Crippen LogP contribution in [0.2, 0.25) is 0 Å². The molecule has 0 spiro atoms. The van der Waals surface area contributed by atoms with Gasteiger partial charge in [-0.3, -0.25) is 9.78 Å². The zero-order valence-corrected chi connectivity index (χ0v) is 17.7. The van der Waals surface area contributed by atoms with E-state index in [4.69, 9.17) is 4.52 Å². The molecule has 156 valence electrons. The fourth-order valence-electron chi connectivity index (χ4n) is 3.60. The number of rotatable bonds is 8. The summed E-state index contributed by atoms with van der Waals surface area (Å²) < 4.78 is 5.26. The highest BCUT2D eigenvalue weighted by molar-refractivity contribution is 7.99. The number of pyridine rings is 1. The molecule has 30 heavy (non-hydrogen) atoms. The van der Waals surface area contributed by atoms with Gasteiger partial charge in [0, 0.05) is 47.5 Å². The van der Waals surface area contributed by atoms with Gasteiger partial charge in [-0.25, -0.2) is 0 Å². The lowest BCUT2D eigenvalue weighted by molar-refractivity contribution is -0.116. The highest BCUT2D eigenvalue weighted by atomic mass is 32.2. The maximum absolute atomic E-state index is 12.4. The maximum atomic E-state index is 12.4. The van der Waals surface area contributed by atoms with Gasteiger partial charge in [-0.1, -0.05) is 36.6 Å². The van der Waals surface area contributed by atoms with E-state index in [1.165, 1.54) is 37.7 Å². The lowest BCUT2D eigenvalue weighted by atomic mass is 10.0. The van der Waals surface area contributed by atoms with E-state index < -0.39 is 0 Å². The first-order valence-corrected chi connectivity index (χ1v) is 11.5. The molecule has 2 aromatic heterocycles. The van der Waals surface area contributed by atoms with Gasteiger partial charge in [0.1, 0.15) is 0 Å². The van der Waals surface area contributed by atoms with E-state index in [9.17, 15) is 4.79 Å². The molecule has 1 aromatic carbocycles. The Morgan fingerprint density at radius 2 is 2.07 bits per heavy atom. The van der Waals surface area contributed by atoms with Gasteiger partial charge in [0.25, 0.3) is 0 Å². The minimum Gasteiger partial charge on any atom is -0.339 e. The standard InChI is InChI=1S/C23H26N4O2S/c28-21(11-12-22-26-23(27-29-22)18-7-5-13-24-15-18)25-19-8-4-6-17(14-19)16-30-20-9-2-1-3-10-20/h4-8,13-15,20H,1-3,9-12,16H2,(H,25,28). The van der Waals surface area contributed by atoms with Crippen LogP contribution >= 0.6 is 11.8 Å². The van der Waals surface area contributed by atoms with E-state index in [-0.39, 0.29) is 12.3 Å². The Hall–Kier alpha value is -2.67. The highest BCUT2D eigenvalue weighted by Crippen LogP contribution is 2.30. The number of hydrogen-bond acceptors (Lipinski definition) is 6. The molecule has 1 aliphatic rings. The number of aryl methyl sites for hydroxylation is 1. The predicted octanol–water partition coefficient (Wildman–Crippen LogP) is 5.27. The Bertz CT molecular complexity index is 955. The smallest absolute Gasteiger partial charge is 0.227 e. The molecule has 0 radical (unpaired) electrons. The number of benzene rings is 1. The van der Waals surface area contributed by atoms with E-state index in [1.807, 2.05) is 36.0 Å². The minimum atomic E-state index is -0.0618. The summed E-state index contributed by atoms with van der Waals surface area (Å²) in [6, 6.07) is 11.8. The molecule has 1 N–H and O–H groups in total. The molecule has 2 heterocycles. The first-order chi connectivity index (χ1) is 14.8. The second-order valence-corrected chi connectivity index (χ2v) is 8.86. The third kappa shape index (κ3) is 5.92. The van der Waals surface area contributed by atoms with Crippen molar-refractivity contribution in [3.05, 3.63) is 60.2 Å². The number of nitrogens with zero attached hydrogens (tertiary/aromatic N) is 3. The molecule has 1 aliphatic carbocycles. The molecule has 6 nitrogen and oxygen atoms in total. The molecule has 4 rings (SSSR count). The number of thioether (sulfide) groups is 1.